The molecule has 0 atom stereocenters. The van der Waals surface area contributed by atoms with E-state index in [1.54, 1.807) is 6.08 Å². The van der Waals surface area contributed by atoms with Crippen molar-refractivity contribution in [2.75, 3.05) is 25.1 Å². The maximum Gasteiger partial charge on any atom is 0.330 e. The third-order valence-corrected chi connectivity index (χ3v) is 3.48. The van der Waals surface area contributed by atoms with E-state index in [-0.39, 0.29) is 5.97 Å². The van der Waals surface area contributed by atoms with Gasteiger partial charge in [0.2, 0.25) is 0 Å². The van der Waals surface area contributed by atoms with E-state index in [4.69, 9.17) is 0 Å². The predicted octanol–water partition coefficient (Wildman–Crippen LogP) is 3.25. The van der Waals surface area contributed by atoms with E-state index in [1.807, 2.05) is 12.1 Å². The molecule has 2 rings (SSSR count). The lowest BCUT2D eigenvalue weighted by Crippen LogP contribution is -2.23. The zero-order valence-electron chi connectivity index (χ0n) is 11.5. The summed E-state index contributed by atoms with van der Waals surface area (Å²) in [6.45, 7) is 2.30. The molecule has 0 aromatic heterocycles. The Bertz CT molecular complexity index is 429. The molecule has 1 aliphatic rings. The van der Waals surface area contributed by atoms with Gasteiger partial charge in [-0.15, -0.1) is 0 Å². The van der Waals surface area contributed by atoms with E-state index in [9.17, 15) is 4.79 Å². The largest absolute Gasteiger partial charge is 0.466 e. The molecule has 1 aromatic carbocycles. The van der Waals surface area contributed by atoms with Gasteiger partial charge in [-0.1, -0.05) is 25.0 Å². The molecule has 0 aliphatic carbocycles. The van der Waals surface area contributed by atoms with Gasteiger partial charge in [0.05, 0.1) is 7.11 Å². The maximum atomic E-state index is 11.0. The Kier molecular flexibility index (Phi) is 5.01. The van der Waals surface area contributed by atoms with Gasteiger partial charge >= 0.3 is 5.97 Å². The molecule has 0 unspecified atom stereocenters. The summed E-state index contributed by atoms with van der Waals surface area (Å²) in [6.07, 6.45) is 8.47. The van der Waals surface area contributed by atoms with Crippen molar-refractivity contribution in [2.24, 2.45) is 0 Å². The third-order valence-electron chi connectivity index (χ3n) is 3.48. The first-order chi connectivity index (χ1) is 9.29. The van der Waals surface area contributed by atoms with Gasteiger partial charge in [-0.2, -0.15) is 0 Å². The van der Waals surface area contributed by atoms with E-state index in [2.05, 4.69) is 21.8 Å². The highest BCUT2D eigenvalue weighted by atomic mass is 16.5. The SMILES string of the molecule is COC(=O)/C=C/c1ccc(N2CCCCCC2)cc1. The molecule has 1 aliphatic heterocycles. The number of nitrogens with zero attached hydrogens (tertiary/aromatic N) is 1. The van der Waals surface area contributed by atoms with Crippen molar-refractivity contribution in [3.8, 4) is 0 Å². The summed E-state index contributed by atoms with van der Waals surface area (Å²) < 4.78 is 4.57. The van der Waals surface area contributed by atoms with Crippen LogP contribution in [0.2, 0.25) is 0 Å². The van der Waals surface area contributed by atoms with Gasteiger partial charge in [-0.3, -0.25) is 0 Å². The minimum Gasteiger partial charge on any atom is -0.466 e. The van der Waals surface area contributed by atoms with Crippen LogP contribution in [-0.2, 0) is 9.53 Å². The fourth-order valence-corrected chi connectivity index (χ4v) is 2.36. The average Bonchev–Trinajstić information content (AvgIpc) is 2.74. The summed E-state index contributed by atoms with van der Waals surface area (Å²) in [4.78, 5) is 13.5. The number of hydrogen-bond acceptors (Lipinski definition) is 3. The van der Waals surface area contributed by atoms with Crippen LogP contribution in [0.4, 0.5) is 5.69 Å². The zero-order valence-corrected chi connectivity index (χ0v) is 11.5. The normalized spacial score (nSPS) is 16.4. The predicted molar refractivity (Wildman–Crippen MR) is 78.2 cm³/mol. The molecule has 0 spiro atoms. The highest BCUT2D eigenvalue weighted by Crippen LogP contribution is 2.20. The lowest BCUT2D eigenvalue weighted by Gasteiger charge is -2.22. The molecule has 102 valence electrons. The van der Waals surface area contributed by atoms with Crippen LogP contribution >= 0.6 is 0 Å². The van der Waals surface area contributed by atoms with Crippen LogP contribution in [-0.4, -0.2) is 26.2 Å². The van der Waals surface area contributed by atoms with Crippen LogP contribution in [0, 0.1) is 0 Å². The summed E-state index contributed by atoms with van der Waals surface area (Å²) >= 11 is 0. The Balaban J connectivity index is 2.01. The molecule has 1 fully saturated rings. The number of ether oxygens (including phenoxy) is 1. The summed E-state index contributed by atoms with van der Waals surface area (Å²) in [6, 6.07) is 8.34. The van der Waals surface area contributed by atoms with Crippen molar-refractivity contribution < 1.29 is 9.53 Å². The fourth-order valence-electron chi connectivity index (χ4n) is 2.36. The molecule has 1 heterocycles. The number of hydrogen-bond donors (Lipinski definition) is 0. The number of carbonyl (C=O) groups excluding carboxylic acids is 1. The van der Waals surface area contributed by atoms with Crippen LogP contribution < -0.4 is 4.90 Å². The minimum atomic E-state index is -0.323. The lowest BCUT2D eigenvalue weighted by atomic mass is 10.1. The monoisotopic (exact) mass is 259 g/mol. The van der Waals surface area contributed by atoms with Crippen LogP contribution in [0.15, 0.2) is 30.3 Å². The summed E-state index contributed by atoms with van der Waals surface area (Å²) in [7, 11) is 1.38. The van der Waals surface area contributed by atoms with Crippen molar-refractivity contribution in [2.45, 2.75) is 25.7 Å². The van der Waals surface area contributed by atoms with Gasteiger partial charge < -0.3 is 9.64 Å². The number of esters is 1. The number of anilines is 1. The van der Waals surface area contributed by atoms with Gasteiger partial charge in [0.1, 0.15) is 0 Å². The second-order valence-electron chi connectivity index (χ2n) is 4.85. The molecule has 0 amide bonds. The first kappa shape index (κ1) is 13.7. The fraction of sp³-hybridized carbons (Fsp3) is 0.438. The van der Waals surface area contributed by atoms with E-state index < -0.39 is 0 Å². The third kappa shape index (κ3) is 4.12. The number of carbonyl (C=O) groups is 1. The summed E-state index contributed by atoms with van der Waals surface area (Å²) in [5, 5.41) is 0. The molecule has 1 aromatic rings. The molecule has 0 bridgehead atoms. The average molecular weight is 259 g/mol. The molecular formula is C16H21NO2. The van der Waals surface area contributed by atoms with Crippen molar-refractivity contribution in [1.29, 1.82) is 0 Å². The summed E-state index contributed by atoms with van der Waals surface area (Å²) in [5.74, 6) is -0.323. The molecule has 0 saturated carbocycles. The number of rotatable bonds is 3. The molecule has 0 radical (unpaired) electrons. The van der Waals surface area contributed by atoms with Gasteiger partial charge in [0, 0.05) is 24.9 Å². The number of methoxy groups -OCH3 is 1. The zero-order chi connectivity index (χ0) is 13.5. The van der Waals surface area contributed by atoms with Crippen LogP contribution in [0.1, 0.15) is 31.2 Å². The first-order valence-electron chi connectivity index (χ1n) is 6.90. The first-order valence-corrected chi connectivity index (χ1v) is 6.90. The van der Waals surface area contributed by atoms with Crippen LogP contribution in [0.5, 0.6) is 0 Å². The minimum absolute atomic E-state index is 0.323. The number of benzene rings is 1. The van der Waals surface area contributed by atoms with Gasteiger partial charge in [-0.05, 0) is 36.6 Å². The van der Waals surface area contributed by atoms with Crippen molar-refractivity contribution >= 4 is 17.7 Å². The Morgan fingerprint density at radius 2 is 1.74 bits per heavy atom. The van der Waals surface area contributed by atoms with Gasteiger partial charge in [0.15, 0.2) is 0 Å². The molecule has 19 heavy (non-hydrogen) atoms. The Morgan fingerprint density at radius 3 is 2.32 bits per heavy atom. The lowest BCUT2D eigenvalue weighted by molar-refractivity contribution is -0.134. The van der Waals surface area contributed by atoms with Crippen molar-refractivity contribution in [3.05, 3.63) is 35.9 Å². The van der Waals surface area contributed by atoms with Crippen molar-refractivity contribution in [1.82, 2.24) is 0 Å². The van der Waals surface area contributed by atoms with Crippen molar-refractivity contribution in [3.63, 3.8) is 0 Å². The highest BCUT2D eigenvalue weighted by molar-refractivity contribution is 5.86. The standard InChI is InChI=1S/C16H21NO2/c1-19-16(18)11-8-14-6-9-15(10-7-14)17-12-4-2-3-5-13-17/h6-11H,2-5,12-13H2,1H3/b11-8+. The quantitative estimate of drug-likeness (QED) is 0.616. The second-order valence-corrected chi connectivity index (χ2v) is 4.85. The van der Waals surface area contributed by atoms with Gasteiger partial charge in [-0.25, -0.2) is 4.79 Å². The van der Waals surface area contributed by atoms with E-state index in [0.29, 0.717) is 0 Å². The smallest absolute Gasteiger partial charge is 0.330 e. The molecule has 3 nitrogen and oxygen atoms in total. The Morgan fingerprint density at radius 1 is 1.11 bits per heavy atom. The topological polar surface area (TPSA) is 29.5 Å². The Hall–Kier alpha value is -1.77. The van der Waals surface area contributed by atoms with E-state index in [0.717, 1.165) is 18.7 Å². The molecular weight excluding hydrogens is 238 g/mol. The summed E-state index contributed by atoms with van der Waals surface area (Å²) in [5.41, 5.74) is 2.29. The second kappa shape index (κ2) is 6.98. The van der Waals surface area contributed by atoms with E-state index in [1.165, 1.54) is 44.6 Å². The molecule has 3 heteroatoms. The molecule has 1 saturated heterocycles. The maximum absolute atomic E-state index is 11.0. The Labute approximate surface area is 114 Å². The molecule has 0 N–H and O–H groups in total. The highest BCUT2D eigenvalue weighted by Gasteiger charge is 2.09. The van der Waals surface area contributed by atoms with Gasteiger partial charge in [0.25, 0.3) is 0 Å². The van der Waals surface area contributed by atoms with Crippen LogP contribution in [0.3, 0.4) is 0 Å². The van der Waals surface area contributed by atoms with Crippen LogP contribution in [0.25, 0.3) is 6.08 Å². The van der Waals surface area contributed by atoms with E-state index >= 15 is 0 Å².